The Balaban J connectivity index is 1.22. The maximum atomic E-state index is 13.0. The average Bonchev–Trinajstić information content (AvgIpc) is 3.32. The lowest BCUT2D eigenvalue weighted by Gasteiger charge is -2.38. The Kier molecular flexibility index (Phi) is 6.11. The van der Waals surface area contributed by atoms with Gasteiger partial charge in [0, 0.05) is 24.8 Å². The first-order valence-electron chi connectivity index (χ1n) is 11.4. The highest BCUT2D eigenvalue weighted by molar-refractivity contribution is 6.02. The molecule has 5 rings (SSSR count). The molecule has 3 aliphatic heterocycles. The number of nitrogens with zero attached hydrogens (tertiary/aromatic N) is 2. The van der Waals surface area contributed by atoms with Crippen LogP contribution in [-0.2, 0) is 9.59 Å². The molecule has 2 N–H and O–H groups in total. The van der Waals surface area contributed by atoms with Gasteiger partial charge in [-0.2, -0.15) is 0 Å². The third-order valence-corrected chi connectivity index (χ3v) is 6.02. The number of amides is 4. The zero-order valence-corrected chi connectivity index (χ0v) is 18.6. The van der Waals surface area contributed by atoms with Gasteiger partial charge in [-0.05, 0) is 43.5 Å². The molecule has 34 heavy (non-hydrogen) atoms. The van der Waals surface area contributed by atoms with E-state index in [1.54, 1.807) is 29.2 Å². The third-order valence-electron chi connectivity index (χ3n) is 6.02. The molecule has 0 bridgehead atoms. The van der Waals surface area contributed by atoms with Gasteiger partial charge < -0.3 is 29.3 Å². The van der Waals surface area contributed by atoms with Gasteiger partial charge in [-0.15, -0.1) is 0 Å². The lowest BCUT2D eigenvalue weighted by Crippen LogP contribution is -2.53. The molecule has 3 heterocycles. The van der Waals surface area contributed by atoms with Crippen molar-refractivity contribution in [2.45, 2.75) is 25.4 Å². The van der Waals surface area contributed by atoms with E-state index >= 15 is 0 Å². The quantitative estimate of drug-likeness (QED) is 0.712. The molecule has 1 unspecified atom stereocenters. The molecule has 1 atom stereocenters. The Bertz CT molecular complexity index is 1100. The van der Waals surface area contributed by atoms with Gasteiger partial charge in [-0.3, -0.25) is 14.9 Å². The number of urea groups is 1. The van der Waals surface area contributed by atoms with Gasteiger partial charge >= 0.3 is 6.03 Å². The number of carbonyl (C=O) groups is 3. The summed E-state index contributed by atoms with van der Waals surface area (Å²) in [5.74, 6) is 1.10. The minimum absolute atomic E-state index is 0.0693. The lowest BCUT2D eigenvalue weighted by atomic mass is 10.1. The lowest BCUT2D eigenvalue weighted by molar-refractivity contribution is -0.139. The second-order valence-electron chi connectivity index (χ2n) is 8.41. The van der Waals surface area contributed by atoms with Crippen molar-refractivity contribution >= 4 is 29.2 Å². The molecule has 10 heteroatoms. The second-order valence-corrected chi connectivity index (χ2v) is 8.41. The first kappa shape index (κ1) is 21.9. The van der Waals surface area contributed by atoms with Crippen LogP contribution in [0.2, 0.25) is 0 Å². The van der Waals surface area contributed by atoms with Crippen LogP contribution >= 0.6 is 0 Å². The van der Waals surface area contributed by atoms with Crippen molar-refractivity contribution in [3.63, 3.8) is 0 Å². The zero-order valence-electron chi connectivity index (χ0n) is 18.6. The molecule has 2 aromatic rings. The minimum Gasteiger partial charge on any atom is -0.477 e. The van der Waals surface area contributed by atoms with Crippen molar-refractivity contribution in [1.29, 1.82) is 0 Å². The number of nitrogens with one attached hydrogen (secondary N) is 2. The molecule has 0 saturated carbocycles. The van der Waals surface area contributed by atoms with E-state index in [4.69, 9.17) is 14.2 Å². The molecule has 0 spiro atoms. The standard InChI is InChI=1S/C24H26N4O6/c29-22(26-24(31)25-16-8-9-19-20(12-16)33-15-32-19)14-28-13-21(23(30)27-10-4-1-5-11-27)34-18-7-3-2-6-17(18)28/h2-3,6-9,12,21H,1,4-5,10-11,13-15H2,(H2,25,26,29,31). The van der Waals surface area contributed by atoms with Crippen molar-refractivity contribution in [3.8, 4) is 17.2 Å². The molecule has 0 aliphatic carbocycles. The molecule has 1 saturated heterocycles. The van der Waals surface area contributed by atoms with E-state index in [9.17, 15) is 14.4 Å². The van der Waals surface area contributed by atoms with Crippen LogP contribution in [0.25, 0.3) is 0 Å². The molecule has 10 nitrogen and oxygen atoms in total. The van der Waals surface area contributed by atoms with Crippen molar-refractivity contribution in [3.05, 3.63) is 42.5 Å². The minimum atomic E-state index is -0.705. The Labute approximate surface area is 196 Å². The summed E-state index contributed by atoms with van der Waals surface area (Å²) >= 11 is 0. The highest BCUT2D eigenvalue weighted by Gasteiger charge is 2.34. The van der Waals surface area contributed by atoms with Gasteiger partial charge in [-0.25, -0.2) is 4.79 Å². The van der Waals surface area contributed by atoms with E-state index in [2.05, 4.69) is 10.6 Å². The number of rotatable bonds is 4. The number of para-hydroxylation sites is 2. The van der Waals surface area contributed by atoms with Crippen LogP contribution < -0.4 is 29.7 Å². The summed E-state index contributed by atoms with van der Waals surface area (Å²) in [6, 6.07) is 11.6. The van der Waals surface area contributed by atoms with Gasteiger partial charge in [0.05, 0.1) is 18.8 Å². The predicted molar refractivity (Wildman–Crippen MR) is 123 cm³/mol. The highest BCUT2D eigenvalue weighted by Crippen LogP contribution is 2.35. The fourth-order valence-electron chi connectivity index (χ4n) is 4.38. The number of imide groups is 1. The number of likely N-dealkylation sites (tertiary alicyclic amines) is 1. The maximum Gasteiger partial charge on any atom is 0.325 e. The van der Waals surface area contributed by atoms with Crippen molar-refractivity contribution in [2.75, 3.05) is 43.2 Å². The van der Waals surface area contributed by atoms with E-state index in [-0.39, 0.29) is 25.8 Å². The monoisotopic (exact) mass is 466 g/mol. The summed E-state index contributed by atoms with van der Waals surface area (Å²) in [5.41, 5.74) is 1.18. The summed E-state index contributed by atoms with van der Waals surface area (Å²) in [7, 11) is 0. The van der Waals surface area contributed by atoms with Crippen LogP contribution in [0.15, 0.2) is 42.5 Å². The van der Waals surface area contributed by atoms with E-state index in [0.29, 0.717) is 28.6 Å². The second kappa shape index (κ2) is 9.50. The molecular formula is C24H26N4O6. The molecule has 4 amide bonds. The summed E-state index contributed by atoms with van der Waals surface area (Å²) in [6.07, 6.45) is 2.39. The van der Waals surface area contributed by atoms with Gasteiger partial charge in [0.1, 0.15) is 5.75 Å². The van der Waals surface area contributed by atoms with Crippen molar-refractivity contribution in [1.82, 2.24) is 10.2 Å². The predicted octanol–water partition coefficient (Wildman–Crippen LogP) is 2.34. The average molecular weight is 466 g/mol. The first-order chi connectivity index (χ1) is 16.6. The summed E-state index contributed by atoms with van der Waals surface area (Å²) in [5, 5.41) is 4.96. The topological polar surface area (TPSA) is 109 Å². The largest absolute Gasteiger partial charge is 0.477 e. The normalized spacial score (nSPS) is 18.5. The van der Waals surface area contributed by atoms with Gasteiger partial charge in [0.15, 0.2) is 17.6 Å². The highest BCUT2D eigenvalue weighted by atomic mass is 16.7. The third kappa shape index (κ3) is 4.70. The Morgan fingerprint density at radius 3 is 2.59 bits per heavy atom. The van der Waals surface area contributed by atoms with E-state index in [1.807, 2.05) is 23.1 Å². The first-order valence-corrected chi connectivity index (χ1v) is 11.4. The SMILES string of the molecule is O=C(CN1CC(C(=O)N2CCCCC2)Oc2ccccc21)NC(=O)Nc1ccc2c(c1)OCO2. The van der Waals surface area contributed by atoms with E-state index < -0.39 is 18.0 Å². The molecule has 0 radical (unpaired) electrons. The van der Waals surface area contributed by atoms with Crippen molar-refractivity contribution in [2.24, 2.45) is 0 Å². The number of hydrogen-bond donors (Lipinski definition) is 2. The van der Waals surface area contributed by atoms with Gasteiger partial charge in [0.2, 0.25) is 12.7 Å². The molecule has 178 valence electrons. The van der Waals surface area contributed by atoms with Crippen LogP contribution in [0.4, 0.5) is 16.2 Å². The van der Waals surface area contributed by atoms with Gasteiger partial charge in [-0.1, -0.05) is 12.1 Å². The van der Waals surface area contributed by atoms with Crippen LogP contribution in [0, 0.1) is 0 Å². The number of hydrogen-bond acceptors (Lipinski definition) is 7. The summed E-state index contributed by atoms with van der Waals surface area (Å²) < 4.78 is 16.5. The molecule has 1 fully saturated rings. The van der Waals surface area contributed by atoms with Crippen molar-refractivity contribution < 1.29 is 28.6 Å². The Morgan fingerprint density at radius 1 is 0.941 bits per heavy atom. The Hall–Kier alpha value is -3.95. The van der Waals surface area contributed by atoms with Gasteiger partial charge in [0.25, 0.3) is 5.91 Å². The number of piperidine rings is 1. The van der Waals surface area contributed by atoms with Crippen LogP contribution in [-0.4, -0.2) is 61.8 Å². The molecule has 3 aliphatic rings. The van der Waals surface area contributed by atoms with E-state index in [0.717, 1.165) is 32.4 Å². The zero-order chi connectivity index (χ0) is 23.5. The maximum absolute atomic E-state index is 13.0. The Morgan fingerprint density at radius 2 is 1.74 bits per heavy atom. The van der Waals surface area contributed by atoms with Crippen LogP contribution in [0.5, 0.6) is 17.2 Å². The van der Waals surface area contributed by atoms with Crippen LogP contribution in [0.3, 0.4) is 0 Å². The number of benzene rings is 2. The smallest absolute Gasteiger partial charge is 0.325 e. The summed E-state index contributed by atoms with van der Waals surface area (Å²) in [4.78, 5) is 41.7. The molecular weight excluding hydrogens is 440 g/mol. The number of anilines is 2. The fraction of sp³-hybridized carbons (Fsp3) is 0.375. The number of carbonyl (C=O) groups excluding carboxylic acids is 3. The number of fused-ring (bicyclic) bond motifs is 2. The van der Waals surface area contributed by atoms with Crippen LogP contribution in [0.1, 0.15) is 19.3 Å². The molecule has 0 aromatic heterocycles. The fourth-order valence-corrected chi connectivity index (χ4v) is 4.38. The molecule has 2 aromatic carbocycles. The summed E-state index contributed by atoms with van der Waals surface area (Å²) in [6.45, 7) is 1.70. The van der Waals surface area contributed by atoms with E-state index in [1.165, 1.54) is 0 Å². The number of ether oxygens (including phenoxy) is 3.